The molecule has 0 saturated carbocycles. The number of furan rings is 2. The maximum absolute atomic E-state index is 6.37. The third-order valence-electron chi connectivity index (χ3n) is 9.89. The van der Waals surface area contributed by atoms with E-state index in [1.165, 1.54) is 16.7 Å². The number of benzene rings is 8. The van der Waals surface area contributed by atoms with Gasteiger partial charge >= 0.3 is 0 Å². The van der Waals surface area contributed by atoms with Crippen LogP contribution in [0.4, 0.5) is 17.1 Å². The van der Waals surface area contributed by atoms with Crippen molar-refractivity contribution >= 4 is 60.9 Å². The lowest BCUT2D eigenvalue weighted by Gasteiger charge is -2.27. The second-order valence-electron chi connectivity index (χ2n) is 12.9. The van der Waals surface area contributed by atoms with Gasteiger partial charge in [0, 0.05) is 27.5 Å². The van der Waals surface area contributed by atoms with Crippen LogP contribution in [0.5, 0.6) is 0 Å². The van der Waals surface area contributed by atoms with E-state index in [0.29, 0.717) is 0 Å². The summed E-state index contributed by atoms with van der Waals surface area (Å²) in [6.07, 6.45) is 0. The molecule has 3 nitrogen and oxygen atoms in total. The molecule has 2 heterocycles. The highest BCUT2D eigenvalue weighted by atomic mass is 16.3. The minimum absolute atomic E-state index is 0.861. The molecule has 10 rings (SSSR count). The molecule has 0 unspecified atom stereocenters. The molecule has 0 radical (unpaired) electrons. The van der Waals surface area contributed by atoms with Crippen LogP contribution in [0.2, 0.25) is 0 Å². The lowest BCUT2D eigenvalue weighted by Crippen LogP contribution is -2.10. The third kappa shape index (κ3) is 4.98. The average Bonchev–Trinajstić information content (AvgIpc) is 3.77. The predicted molar refractivity (Wildman–Crippen MR) is 212 cm³/mol. The Morgan fingerprint density at radius 1 is 0.314 bits per heavy atom. The van der Waals surface area contributed by atoms with Gasteiger partial charge in [0.05, 0.1) is 11.1 Å². The normalized spacial score (nSPS) is 11.5. The fraction of sp³-hybridized carbons (Fsp3) is 0. The monoisotopic (exact) mass is 653 g/mol. The van der Waals surface area contributed by atoms with Crippen LogP contribution in [0.3, 0.4) is 0 Å². The van der Waals surface area contributed by atoms with Crippen molar-refractivity contribution in [2.75, 3.05) is 4.90 Å². The number of hydrogen-bond donors (Lipinski definition) is 0. The number of rotatable bonds is 6. The van der Waals surface area contributed by atoms with E-state index >= 15 is 0 Å². The molecule has 0 N–H and O–H groups in total. The highest BCUT2D eigenvalue weighted by Gasteiger charge is 2.20. The van der Waals surface area contributed by atoms with Crippen LogP contribution >= 0.6 is 0 Å². The molecule has 0 bridgehead atoms. The zero-order chi connectivity index (χ0) is 33.7. The molecule has 0 atom stereocenters. The standard InChI is InChI=1S/C48H31NO2/c1-2-12-33(13-3-1)38-16-4-5-17-39(38)35-14-10-15-37(30-35)49(43-20-11-23-46-48(43)42-19-7-9-22-45(42)50-46)36-27-24-32(25-28-36)34-26-29-41-40-18-6-8-21-44(40)51-47(41)31-34/h1-31H. The first kappa shape index (κ1) is 29.1. The minimum atomic E-state index is 0.861. The van der Waals surface area contributed by atoms with Crippen molar-refractivity contribution in [2.24, 2.45) is 0 Å². The summed E-state index contributed by atoms with van der Waals surface area (Å²) in [5, 5.41) is 4.45. The molecular formula is C48H31NO2. The molecule has 3 heteroatoms. The number of nitrogens with zero attached hydrogens (tertiary/aromatic N) is 1. The smallest absolute Gasteiger partial charge is 0.137 e. The Labute approximate surface area is 295 Å². The Morgan fingerprint density at radius 3 is 1.73 bits per heavy atom. The first-order valence-electron chi connectivity index (χ1n) is 17.3. The molecule has 0 saturated heterocycles. The molecule has 51 heavy (non-hydrogen) atoms. The third-order valence-corrected chi connectivity index (χ3v) is 9.89. The maximum Gasteiger partial charge on any atom is 0.137 e. The Hall–Kier alpha value is -6.84. The molecule has 2 aromatic heterocycles. The SMILES string of the molecule is c1ccc(-c2ccccc2-c2cccc(N(c3ccc(-c4ccc5c(c4)oc4ccccc45)cc3)c3cccc4oc5ccccc5c34)c2)cc1. The van der Waals surface area contributed by atoms with E-state index < -0.39 is 0 Å². The fourth-order valence-corrected chi connectivity index (χ4v) is 7.49. The summed E-state index contributed by atoms with van der Waals surface area (Å²) in [5.74, 6) is 0. The molecule has 10 aromatic rings. The van der Waals surface area contributed by atoms with Gasteiger partial charge in [-0.1, -0.05) is 127 Å². The number of para-hydroxylation sites is 2. The van der Waals surface area contributed by atoms with Gasteiger partial charge in [0.25, 0.3) is 0 Å². The molecule has 0 aliphatic rings. The summed E-state index contributed by atoms with van der Waals surface area (Å²) in [7, 11) is 0. The Morgan fingerprint density at radius 2 is 0.902 bits per heavy atom. The van der Waals surface area contributed by atoms with Crippen LogP contribution < -0.4 is 4.90 Å². The summed E-state index contributed by atoms with van der Waals surface area (Å²) < 4.78 is 12.6. The predicted octanol–water partition coefficient (Wildman–Crippen LogP) is 14.0. The maximum atomic E-state index is 6.37. The summed E-state index contributed by atoms with van der Waals surface area (Å²) in [4.78, 5) is 2.35. The summed E-state index contributed by atoms with van der Waals surface area (Å²) >= 11 is 0. The first-order valence-corrected chi connectivity index (χ1v) is 17.3. The van der Waals surface area contributed by atoms with Crippen LogP contribution in [0, 0.1) is 0 Å². The van der Waals surface area contributed by atoms with Gasteiger partial charge in [-0.2, -0.15) is 0 Å². The number of fused-ring (bicyclic) bond motifs is 6. The second kappa shape index (κ2) is 11.9. The molecule has 0 aliphatic carbocycles. The highest BCUT2D eigenvalue weighted by molar-refractivity contribution is 6.13. The van der Waals surface area contributed by atoms with Gasteiger partial charge in [-0.15, -0.1) is 0 Å². The quantitative estimate of drug-likeness (QED) is 0.179. The van der Waals surface area contributed by atoms with Crippen LogP contribution in [0.1, 0.15) is 0 Å². The van der Waals surface area contributed by atoms with E-state index in [4.69, 9.17) is 8.83 Å². The molecular weight excluding hydrogens is 623 g/mol. The van der Waals surface area contributed by atoms with Gasteiger partial charge < -0.3 is 13.7 Å². The molecule has 0 spiro atoms. The molecule has 8 aromatic carbocycles. The minimum Gasteiger partial charge on any atom is -0.456 e. The van der Waals surface area contributed by atoms with E-state index in [-0.39, 0.29) is 0 Å². The molecule has 0 amide bonds. The summed E-state index contributed by atoms with van der Waals surface area (Å²) in [6, 6.07) is 66.3. The van der Waals surface area contributed by atoms with E-state index in [0.717, 1.165) is 77.6 Å². The average molecular weight is 654 g/mol. The van der Waals surface area contributed by atoms with Crippen molar-refractivity contribution in [3.05, 3.63) is 188 Å². The van der Waals surface area contributed by atoms with E-state index in [1.807, 2.05) is 24.3 Å². The van der Waals surface area contributed by atoms with Crippen molar-refractivity contribution in [2.45, 2.75) is 0 Å². The van der Waals surface area contributed by atoms with E-state index in [2.05, 4.69) is 169 Å². The van der Waals surface area contributed by atoms with Crippen LogP contribution in [-0.2, 0) is 0 Å². The van der Waals surface area contributed by atoms with Gasteiger partial charge in [0.15, 0.2) is 0 Å². The summed E-state index contributed by atoms with van der Waals surface area (Å²) in [6.45, 7) is 0. The van der Waals surface area contributed by atoms with Crippen LogP contribution in [-0.4, -0.2) is 0 Å². The fourth-order valence-electron chi connectivity index (χ4n) is 7.49. The number of anilines is 3. The van der Waals surface area contributed by atoms with E-state index in [1.54, 1.807) is 0 Å². The first-order chi connectivity index (χ1) is 25.3. The van der Waals surface area contributed by atoms with Gasteiger partial charge in [0.2, 0.25) is 0 Å². The Balaban J connectivity index is 1.13. The number of hydrogen-bond acceptors (Lipinski definition) is 3. The van der Waals surface area contributed by atoms with Crippen molar-refractivity contribution in [1.29, 1.82) is 0 Å². The zero-order valence-corrected chi connectivity index (χ0v) is 27.7. The van der Waals surface area contributed by atoms with Crippen LogP contribution in [0.15, 0.2) is 197 Å². The second-order valence-corrected chi connectivity index (χ2v) is 12.9. The Kier molecular flexibility index (Phi) is 6.81. The van der Waals surface area contributed by atoms with Crippen molar-refractivity contribution in [3.8, 4) is 33.4 Å². The molecule has 0 fully saturated rings. The topological polar surface area (TPSA) is 29.5 Å². The lowest BCUT2D eigenvalue weighted by atomic mass is 9.94. The van der Waals surface area contributed by atoms with Crippen molar-refractivity contribution in [3.63, 3.8) is 0 Å². The van der Waals surface area contributed by atoms with E-state index in [9.17, 15) is 0 Å². The van der Waals surface area contributed by atoms with Gasteiger partial charge in [-0.05, 0) is 94.0 Å². The lowest BCUT2D eigenvalue weighted by molar-refractivity contribution is 0.668. The van der Waals surface area contributed by atoms with Gasteiger partial charge in [-0.3, -0.25) is 0 Å². The zero-order valence-electron chi connectivity index (χ0n) is 27.7. The summed E-state index contributed by atoms with van der Waals surface area (Å²) in [5.41, 5.74) is 13.7. The van der Waals surface area contributed by atoms with Crippen molar-refractivity contribution < 1.29 is 8.83 Å². The van der Waals surface area contributed by atoms with Crippen molar-refractivity contribution in [1.82, 2.24) is 0 Å². The Bertz CT molecular complexity index is 2860. The largest absolute Gasteiger partial charge is 0.456 e. The van der Waals surface area contributed by atoms with Gasteiger partial charge in [-0.25, -0.2) is 0 Å². The van der Waals surface area contributed by atoms with Gasteiger partial charge in [0.1, 0.15) is 22.3 Å². The molecule has 240 valence electrons. The molecule has 0 aliphatic heterocycles. The van der Waals surface area contributed by atoms with Crippen LogP contribution in [0.25, 0.3) is 77.3 Å². The highest BCUT2D eigenvalue weighted by Crippen LogP contribution is 2.44.